The molecule has 0 bridgehead atoms. The normalized spacial score (nSPS) is 20.0. The van der Waals surface area contributed by atoms with E-state index < -0.39 is 5.60 Å². The Labute approximate surface area is 150 Å². The maximum Gasteiger partial charge on any atom is 0.242 e. The molecule has 1 aliphatic carbocycles. The van der Waals surface area contributed by atoms with E-state index in [9.17, 15) is 9.90 Å². The van der Waals surface area contributed by atoms with Crippen LogP contribution in [0.5, 0.6) is 0 Å². The molecule has 22 heavy (non-hydrogen) atoms. The minimum atomic E-state index is -0.713. The van der Waals surface area contributed by atoms with Gasteiger partial charge < -0.3 is 20.2 Å². The van der Waals surface area contributed by atoms with Crippen LogP contribution in [0.1, 0.15) is 39.5 Å². The van der Waals surface area contributed by atoms with Crippen LogP contribution in [0, 0.1) is 0 Å². The second-order valence-electron chi connectivity index (χ2n) is 6.07. The molecule has 0 aromatic rings. The number of aliphatic imine (C=N–C) groups is 1. The van der Waals surface area contributed by atoms with Gasteiger partial charge in [0, 0.05) is 32.7 Å². The number of halogens is 1. The molecule has 2 fully saturated rings. The van der Waals surface area contributed by atoms with Gasteiger partial charge in [0.25, 0.3) is 0 Å². The van der Waals surface area contributed by atoms with Gasteiger partial charge in [0.05, 0.1) is 12.1 Å². The molecule has 0 atom stereocenters. The fourth-order valence-corrected chi connectivity index (χ4v) is 2.72. The molecule has 1 heterocycles. The van der Waals surface area contributed by atoms with Gasteiger partial charge in [-0.2, -0.15) is 0 Å². The summed E-state index contributed by atoms with van der Waals surface area (Å²) in [6, 6.07) is 0.486. The molecule has 0 radical (unpaired) electrons. The molecular weight excluding hydrogens is 395 g/mol. The van der Waals surface area contributed by atoms with Crippen molar-refractivity contribution in [3.8, 4) is 0 Å². The largest absolute Gasteiger partial charge is 0.388 e. The van der Waals surface area contributed by atoms with Gasteiger partial charge in [-0.05, 0) is 25.7 Å². The molecule has 2 N–H and O–H groups in total. The minimum absolute atomic E-state index is 0. The number of guanidine groups is 1. The van der Waals surface area contributed by atoms with Gasteiger partial charge in [-0.15, -0.1) is 24.0 Å². The van der Waals surface area contributed by atoms with Crippen molar-refractivity contribution in [2.45, 2.75) is 51.2 Å². The molecule has 1 saturated heterocycles. The van der Waals surface area contributed by atoms with E-state index in [4.69, 9.17) is 0 Å². The summed E-state index contributed by atoms with van der Waals surface area (Å²) in [5.41, 5.74) is -0.713. The van der Waals surface area contributed by atoms with Crippen molar-refractivity contribution < 1.29 is 9.90 Å². The lowest BCUT2D eigenvalue weighted by Crippen LogP contribution is -2.57. The number of aliphatic hydroxyl groups is 1. The molecule has 1 amide bonds. The average molecular weight is 424 g/mol. The summed E-state index contributed by atoms with van der Waals surface area (Å²) in [4.78, 5) is 20.4. The number of carbonyl (C=O) groups is 1. The van der Waals surface area contributed by atoms with Crippen LogP contribution in [-0.2, 0) is 4.79 Å². The first-order valence-electron chi connectivity index (χ1n) is 8.00. The molecular formula is C15H29IN4O2. The monoisotopic (exact) mass is 424 g/mol. The van der Waals surface area contributed by atoms with Gasteiger partial charge in [0.2, 0.25) is 5.91 Å². The van der Waals surface area contributed by atoms with E-state index in [2.05, 4.69) is 10.3 Å². The molecule has 1 saturated carbocycles. The predicted octanol–water partition coefficient (Wildman–Crippen LogP) is 1.04. The van der Waals surface area contributed by atoms with Gasteiger partial charge >= 0.3 is 0 Å². The lowest BCUT2D eigenvalue weighted by Gasteiger charge is -2.37. The van der Waals surface area contributed by atoms with Crippen LogP contribution in [0.15, 0.2) is 4.99 Å². The van der Waals surface area contributed by atoms with Gasteiger partial charge in [0.1, 0.15) is 0 Å². The van der Waals surface area contributed by atoms with E-state index in [-0.39, 0.29) is 29.9 Å². The number of nitrogens with one attached hydrogen (secondary N) is 1. The summed E-state index contributed by atoms with van der Waals surface area (Å²) >= 11 is 0. The van der Waals surface area contributed by atoms with E-state index in [1.54, 1.807) is 7.05 Å². The Morgan fingerprint density at radius 3 is 2.45 bits per heavy atom. The summed E-state index contributed by atoms with van der Waals surface area (Å²) in [6.45, 7) is 6.38. The smallest absolute Gasteiger partial charge is 0.242 e. The molecule has 0 aromatic carbocycles. The number of hydrogen-bond acceptors (Lipinski definition) is 3. The van der Waals surface area contributed by atoms with Gasteiger partial charge in [-0.1, -0.05) is 13.8 Å². The zero-order chi connectivity index (χ0) is 15.5. The summed E-state index contributed by atoms with van der Waals surface area (Å²) in [5, 5.41) is 13.6. The first-order chi connectivity index (χ1) is 10.0. The van der Waals surface area contributed by atoms with Crippen LogP contribution in [0.3, 0.4) is 0 Å². The highest BCUT2D eigenvalue weighted by atomic mass is 127. The Kier molecular flexibility index (Phi) is 7.37. The zero-order valence-corrected chi connectivity index (χ0v) is 16.2. The standard InChI is InChI=1S/C15H28N4O2.HI/c1-4-15(21,5-2)11-17-14(16-3)18-8-9-19(12-6-7-12)13(20)10-18;/h12,21H,4-11H2,1-3H3,(H,16,17);1H. The van der Waals surface area contributed by atoms with Crippen molar-refractivity contribution in [3.05, 3.63) is 0 Å². The molecule has 0 aromatic heterocycles. The molecule has 1 aliphatic heterocycles. The second-order valence-corrected chi connectivity index (χ2v) is 6.07. The van der Waals surface area contributed by atoms with E-state index in [1.165, 1.54) is 0 Å². The van der Waals surface area contributed by atoms with Crippen LogP contribution in [-0.4, -0.2) is 71.6 Å². The van der Waals surface area contributed by atoms with Crippen molar-refractivity contribution in [1.82, 2.24) is 15.1 Å². The number of nitrogens with zero attached hydrogens (tertiary/aromatic N) is 3. The maximum atomic E-state index is 12.2. The van der Waals surface area contributed by atoms with Crippen molar-refractivity contribution in [3.63, 3.8) is 0 Å². The van der Waals surface area contributed by atoms with Crippen LogP contribution in [0.2, 0.25) is 0 Å². The Morgan fingerprint density at radius 2 is 2.00 bits per heavy atom. The third-order valence-electron chi connectivity index (χ3n) is 4.65. The number of hydrogen-bond donors (Lipinski definition) is 2. The number of piperazine rings is 1. The van der Waals surface area contributed by atoms with Gasteiger partial charge in [0.15, 0.2) is 5.96 Å². The Balaban J connectivity index is 0.00000242. The fourth-order valence-electron chi connectivity index (χ4n) is 2.72. The molecule has 2 rings (SSSR count). The number of amides is 1. The fraction of sp³-hybridized carbons (Fsp3) is 0.867. The molecule has 2 aliphatic rings. The lowest BCUT2D eigenvalue weighted by molar-refractivity contribution is -0.135. The van der Waals surface area contributed by atoms with E-state index in [1.807, 2.05) is 23.6 Å². The first-order valence-corrected chi connectivity index (χ1v) is 8.00. The average Bonchev–Trinajstić information content (AvgIpc) is 3.32. The Morgan fingerprint density at radius 1 is 1.36 bits per heavy atom. The summed E-state index contributed by atoms with van der Waals surface area (Å²) in [7, 11) is 1.72. The van der Waals surface area contributed by atoms with E-state index in [0.717, 1.165) is 25.9 Å². The Hall–Kier alpha value is -0.570. The maximum absolute atomic E-state index is 12.2. The molecule has 0 unspecified atom stereocenters. The highest BCUT2D eigenvalue weighted by Crippen LogP contribution is 2.28. The summed E-state index contributed by atoms with van der Waals surface area (Å²) in [6.07, 6.45) is 3.70. The molecule has 7 heteroatoms. The predicted molar refractivity (Wildman–Crippen MR) is 98.6 cm³/mol. The lowest BCUT2D eigenvalue weighted by atomic mass is 9.98. The van der Waals surface area contributed by atoms with Crippen LogP contribution >= 0.6 is 24.0 Å². The van der Waals surface area contributed by atoms with Crippen molar-refractivity contribution in [2.24, 2.45) is 4.99 Å². The first kappa shape index (κ1) is 19.5. The quantitative estimate of drug-likeness (QED) is 0.393. The van der Waals surface area contributed by atoms with Crippen LogP contribution in [0.4, 0.5) is 0 Å². The second kappa shape index (κ2) is 8.33. The molecule has 0 spiro atoms. The van der Waals surface area contributed by atoms with Crippen molar-refractivity contribution in [1.29, 1.82) is 0 Å². The highest BCUT2D eigenvalue weighted by molar-refractivity contribution is 14.0. The number of rotatable bonds is 5. The highest BCUT2D eigenvalue weighted by Gasteiger charge is 2.36. The van der Waals surface area contributed by atoms with Gasteiger partial charge in [-0.3, -0.25) is 9.79 Å². The third-order valence-corrected chi connectivity index (χ3v) is 4.65. The van der Waals surface area contributed by atoms with Crippen LogP contribution in [0.25, 0.3) is 0 Å². The summed E-state index contributed by atoms with van der Waals surface area (Å²) < 4.78 is 0. The van der Waals surface area contributed by atoms with E-state index in [0.29, 0.717) is 37.9 Å². The van der Waals surface area contributed by atoms with Gasteiger partial charge in [-0.25, -0.2) is 0 Å². The molecule has 6 nitrogen and oxygen atoms in total. The Bertz CT molecular complexity index is 408. The summed E-state index contributed by atoms with van der Waals surface area (Å²) in [5.74, 6) is 0.895. The SMILES string of the molecule is CCC(O)(CC)CNC(=NC)N1CCN(C2CC2)C(=O)C1.I. The number of carbonyl (C=O) groups excluding carboxylic acids is 1. The zero-order valence-electron chi connectivity index (χ0n) is 13.8. The third kappa shape index (κ3) is 4.71. The molecule has 128 valence electrons. The van der Waals surface area contributed by atoms with Crippen molar-refractivity contribution >= 4 is 35.8 Å². The van der Waals surface area contributed by atoms with Crippen molar-refractivity contribution in [2.75, 3.05) is 33.2 Å². The van der Waals surface area contributed by atoms with E-state index >= 15 is 0 Å². The minimum Gasteiger partial charge on any atom is -0.388 e. The van der Waals surface area contributed by atoms with Crippen LogP contribution < -0.4 is 5.32 Å². The topological polar surface area (TPSA) is 68.2 Å².